The van der Waals surface area contributed by atoms with Gasteiger partial charge in [-0.25, -0.2) is 0 Å². The lowest BCUT2D eigenvalue weighted by molar-refractivity contribution is -0.139. The first kappa shape index (κ1) is 15.7. The molecule has 1 aliphatic heterocycles. The van der Waals surface area contributed by atoms with Crippen molar-refractivity contribution < 1.29 is 9.90 Å². The molecule has 2 N–H and O–H groups in total. The van der Waals surface area contributed by atoms with Gasteiger partial charge in [0.15, 0.2) is 0 Å². The third-order valence-electron chi connectivity index (χ3n) is 3.19. The van der Waals surface area contributed by atoms with Crippen LogP contribution in [0.3, 0.4) is 0 Å². The number of benzene rings is 2. The van der Waals surface area contributed by atoms with Crippen LogP contribution < -0.4 is 15.9 Å². The maximum atomic E-state index is 10.1. The first-order valence-corrected chi connectivity index (χ1v) is 8.09. The Morgan fingerprint density at radius 3 is 1.86 bits per heavy atom. The second-order valence-corrected chi connectivity index (χ2v) is 6.25. The van der Waals surface area contributed by atoms with Crippen LogP contribution in [0.15, 0.2) is 60.7 Å². The van der Waals surface area contributed by atoms with Crippen LogP contribution >= 0.6 is 8.58 Å². The van der Waals surface area contributed by atoms with E-state index in [4.69, 9.17) is 5.11 Å². The van der Waals surface area contributed by atoms with E-state index in [9.17, 15) is 4.79 Å². The molecule has 4 heteroatoms. The normalized spacial score (nSPS) is 16.9. The lowest BCUT2D eigenvalue weighted by Gasteiger charge is -2.00. The summed E-state index contributed by atoms with van der Waals surface area (Å²) in [4.78, 5) is 10.1. The second-order valence-electron chi connectivity index (χ2n) is 4.84. The second kappa shape index (κ2) is 8.56. The van der Waals surface area contributed by atoms with Gasteiger partial charge in [-0.3, -0.25) is 4.79 Å². The molecule has 0 aliphatic carbocycles. The fourth-order valence-corrected chi connectivity index (χ4v) is 3.16. The minimum absolute atomic E-state index is 0.269. The van der Waals surface area contributed by atoms with Crippen molar-refractivity contribution in [3.63, 3.8) is 0 Å². The van der Waals surface area contributed by atoms with Crippen LogP contribution in [0.1, 0.15) is 12.8 Å². The number of carbonyl (C=O) groups is 1. The molecule has 1 fully saturated rings. The summed E-state index contributed by atoms with van der Waals surface area (Å²) in [6.45, 7) is 0.858. The van der Waals surface area contributed by atoms with Crippen LogP contribution in [-0.2, 0) is 4.79 Å². The molecule has 1 aliphatic rings. The van der Waals surface area contributed by atoms with E-state index in [1.807, 2.05) is 0 Å². The van der Waals surface area contributed by atoms with Gasteiger partial charge in [-0.1, -0.05) is 69.2 Å². The zero-order chi connectivity index (χ0) is 14.9. The van der Waals surface area contributed by atoms with E-state index < -0.39 is 5.97 Å². The van der Waals surface area contributed by atoms with Crippen LogP contribution in [0.2, 0.25) is 0 Å². The van der Waals surface area contributed by atoms with E-state index in [0.717, 1.165) is 28.0 Å². The van der Waals surface area contributed by atoms with Crippen LogP contribution in [0, 0.1) is 0 Å². The van der Waals surface area contributed by atoms with Crippen molar-refractivity contribution >= 4 is 25.2 Å². The van der Waals surface area contributed by atoms with E-state index in [0.29, 0.717) is 0 Å². The highest BCUT2D eigenvalue weighted by molar-refractivity contribution is 7.55. The molecule has 1 heterocycles. The molecule has 0 bridgehead atoms. The van der Waals surface area contributed by atoms with Crippen molar-refractivity contribution in [2.75, 3.05) is 6.54 Å². The third kappa shape index (κ3) is 5.66. The Morgan fingerprint density at radius 2 is 1.52 bits per heavy atom. The summed E-state index contributed by atoms with van der Waals surface area (Å²) < 4.78 is 0. The van der Waals surface area contributed by atoms with Crippen LogP contribution in [-0.4, -0.2) is 23.7 Å². The lowest BCUT2D eigenvalue weighted by atomic mass is 10.2. The number of hydrogen-bond acceptors (Lipinski definition) is 2. The van der Waals surface area contributed by atoms with Crippen molar-refractivity contribution in [2.24, 2.45) is 0 Å². The predicted molar refractivity (Wildman–Crippen MR) is 89.1 cm³/mol. The maximum Gasteiger partial charge on any atom is 0.320 e. The molecule has 110 valence electrons. The SMILES string of the molecule is O=C(O)[C@@H]1CCCN1.c1ccc(Pc2ccccc2)cc1. The van der Waals surface area contributed by atoms with Gasteiger partial charge in [-0.05, 0) is 30.0 Å². The largest absolute Gasteiger partial charge is 0.480 e. The van der Waals surface area contributed by atoms with E-state index in [1.54, 1.807) is 0 Å². The van der Waals surface area contributed by atoms with Crippen molar-refractivity contribution in [3.8, 4) is 0 Å². The Morgan fingerprint density at radius 1 is 1.00 bits per heavy atom. The number of carboxylic acid groups (broad SMARTS) is 1. The van der Waals surface area contributed by atoms with Gasteiger partial charge in [-0.2, -0.15) is 0 Å². The predicted octanol–water partition coefficient (Wildman–Crippen LogP) is 2.14. The van der Waals surface area contributed by atoms with Crippen molar-refractivity contribution in [1.29, 1.82) is 0 Å². The quantitative estimate of drug-likeness (QED) is 0.854. The van der Waals surface area contributed by atoms with Gasteiger partial charge in [-0.15, -0.1) is 0 Å². The van der Waals surface area contributed by atoms with E-state index in [-0.39, 0.29) is 6.04 Å². The minimum Gasteiger partial charge on any atom is -0.480 e. The van der Waals surface area contributed by atoms with E-state index >= 15 is 0 Å². The minimum atomic E-state index is -0.720. The van der Waals surface area contributed by atoms with Gasteiger partial charge in [0.25, 0.3) is 0 Å². The van der Waals surface area contributed by atoms with Gasteiger partial charge in [0.2, 0.25) is 0 Å². The molecular weight excluding hydrogens is 281 g/mol. The number of aliphatic carboxylic acids is 1. The average molecular weight is 301 g/mol. The first-order valence-electron chi connectivity index (χ1n) is 7.09. The Kier molecular flexibility index (Phi) is 6.39. The third-order valence-corrected chi connectivity index (χ3v) is 4.44. The van der Waals surface area contributed by atoms with Crippen molar-refractivity contribution in [2.45, 2.75) is 18.9 Å². The summed E-state index contributed by atoms with van der Waals surface area (Å²) in [6.07, 6.45) is 1.78. The molecule has 1 atom stereocenters. The smallest absolute Gasteiger partial charge is 0.320 e. The fourth-order valence-electron chi connectivity index (χ4n) is 2.10. The standard InChI is InChI=1S/C12H11P.C5H9NO2/c1-3-7-11(8-4-1)13-12-9-5-2-6-10-12;7-5(8)4-2-1-3-6-4/h1-10,13H;4,6H,1-3H2,(H,7,8)/t;4-/m.0/s1. The monoisotopic (exact) mass is 301 g/mol. The maximum absolute atomic E-state index is 10.1. The van der Waals surface area contributed by atoms with Gasteiger partial charge in [0, 0.05) is 0 Å². The van der Waals surface area contributed by atoms with E-state index in [2.05, 4.69) is 66.0 Å². The Hall–Kier alpha value is -1.70. The molecule has 2 aromatic carbocycles. The Bertz CT molecular complexity index is 502. The molecular formula is C17H20NO2P. The van der Waals surface area contributed by atoms with Crippen molar-refractivity contribution in [1.82, 2.24) is 5.32 Å². The Balaban J connectivity index is 0.000000173. The molecule has 1 saturated heterocycles. The van der Waals surface area contributed by atoms with Gasteiger partial charge in [0.05, 0.1) is 0 Å². The molecule has 0 saturated carbocycles. The number of rotatable bonds is 3. The highest BCUT2D eigenvalue weighted by Crippen LogP contribution is 2.08. The topological polar surface area (TPSA) is 49.3 Å². The first-order chi connectivity index (χ1) is 10.3. The van der Waals surface area contributed by atoms with Crippen LogP contribution in [0.25, 0.3) is 0 Å². The number of nitrogens with one attached hydrogen (secondary N) is 1. The summed E-state index contributed by atoms with van der Waals surface area (Å²) in [6, 6.07) is 20.9. The van der Waals surface area contributed by atoms with Crippen LogP contribution in [0.4, 0.5) is 0 Å². The zero-order valence-electron chi connectivity index (χ0n) is 11.8. The molecule has 0 amide bonds. The van der Waals surface area contributed by atoms with Gasteiger partial charge in [0.1, 0.15) is 6.04 Å². The molecule has 21 heavy (non-hydrogen) atoms. The Labute approximate surface area is 127 Å². The molecule has 0 unspecified atom stereocenters. The van der Waals surface area contributed by atoms with Crippen LogP contribution in [0.5, 0.6) is 0 Å². The molecule has 0 radical (unpaired) electrons. The van der Waals surface area contributed by atoms with Crippen molar-refractivity contribution in [3.05, 3.63) is 60.7 Å². The fraction of sp³-hybridized carbons (Fsp3) is 0.235. The highest BCUT2D eigenvalue weighted by Gasteiger charge is 2.20. The number of hydrogen-bond donors (Lipinski definition) is 2. The molecule has 2 aromatic rings. The zero-order valence-corrected chi connectivity index (χ0v) is 12.8. The summed E-state index contributed by atoms with van der Waals surface area (Å²) in [7, 11) is 0.777. The highest BCUT2D eigenvalue weighted by atomic mass is 31.1. The molecule has 3 rings (SSSR count). The molecule has 3 nitrogen and oxygen atoms in total. The summed E-state index contributed by atoms with van der Waals surface area (Å²) in [5.74, 6) is -0.720. The molecule has 0 aromatic heterocycles. The number of carboxylic acids is 1. The molecule has 0 spiro atoms. The summed E-state index contributed by atoms with van der Waals surface area (Å²) in [5, 5.41) is 14.0. The average Bonchev–Trinajstić information content (AvgIpc) is 3.05. The van der Waals surface area contributed by atoms with E-state index in [1.165, 1.54) is 10.6 Å². The lowest BCUT2D eigenvalue weighted by Crippen LogP contribution is -2.29. The summed E-state index contributed by atoms with van der Waals surface area (Å²) in [5.41, 5.74) is 0. The summed E-state index contributed by atoms with van der Waals surface area (Å²) >= 11 is 0. The van der Waals surface area contributed by atoms with Gasteiger partial charge >= 0.3 is 5.97 Å². The van der Waals surface area contributed by atoms with Gasteiger partial charge < -0.3 is 10.4 Å².